The van der Waals surface area contributed by atoms with E-state index in [1.165, 1.54) is 11.3 Å². The SMILES string of the molecule is CC(C)(C)C(=O)C1=C(O)C(=O)N(C2CCCC2)C1c1cccs1. The molecule has 2 heterocycles. The fourth-order valence-electron chi connectivity index (χ4n) is 3.54. The lowest BCUT2D eigenvalue weighted by Crippen LogP contribution is -2.39. The van der Waals surface area contributed by atoms with E-state index in [0.29, 0.717) is 0 Å². The molecule has 1 aliphatic carbocycles. The fraction of sp³-hybridized carbons (Fsp3) is 0.556. The van der Waals surface area contributed by atoms with E-state index in [9.17, 15) is 14.7 Å². The van der Waals surface area contributed by atoms with Crippen molar-refractivity contribution < 1.29 is 14.7 Å². The zero-order chi connectivity index (χ0) is 16.8. The van der Waals surface area contributed by atoms with Crippen LogP contribution in [-0.4, -0.2) is 27.7 Å². The van der Waals surface area contributed by atoms with Crippen LogP contribution in [0.1, 0.15) is 57.4 Å². The van der Waals surface area contributed by atoms with Crippen molar-refractivity contribution in [2.45, 2.75) is 58.5 Å². The number of nitrogens with zero attached hydrogens (tertiary/aromatic N) is 1. The zero-order valence-corrected chi connectivity index (χ0v) is 14.7. The third kappa shape index (κ3) is 2.71. The first-order valence-corrected chi connectivity index (χ1v) is 9.04. The number of aliphatic hydroxyl groups is 1. The molecule has 0 spiro atoms. The number of carbonyl (C=O) groups is 2. The summed E-state index contributed by atoms with van der Waals surface area (Å²) in [6, 6.07) is 3.55. The Kier molecular flexibility index (Phi) is 4.08. The first-order chi connectivity index (χ1) is 10.8. The molecule has 23 heavy (non-hydrogen) atoms. The minimum atomic E-state index is -0.634. The van der Waals surface area contributed by atoms with Crippen molar-refractivity contribution in [1.29, 1.82) is 0 Å². The van der Waals surface area contributed by atoms with E-state index in [1.54, 1.807) is 4.90 Å². The predicted octanol–water partition coefficient (Wildman–Crippen LogP) is 4.00. The van der Waals surface area contributed by atoms with Gasteiger partial charge < -0.3 is 10.0 Å². The van der Waals surface area contributed by atoms with Crippen molar-refractivity contribution in [3.8, 4) is 0 Å². The number of amides is 1. The first kappa shape index (κ1) is 16.2. The average molecular weight is 333 g/mol. The van der Waals surface area contributed by atoms with E-state index in [2.05, 4.69) is 0 Å². The number of hydrogen-bond acceptors (Lipinski definition) is 4. The maximum absolute atomic E-state index is 12.9. The summed E-state index contributed by atoms with van der Waals surface area (Å²) >= 11 is 1.53. The summed E-state index contributed by atoms with van der Waals surface area (Å²) in [7, 11) is 0. The monoisotopic (exact) mass is 333 g/mol. The van der Waals surface area contributed by atoms with Gasteiger partial charge in [0, 0.05) is 16.3 Å². The van der Waals surface area contributed by atoms with Crippen molar-refractivity contribution in [2.24, 2.45) is 5.41 Å². The molecular weight excluding hydrogens is 310 g/mol. The summed E-state index contributed by atoms with van der Waals surface area (Å²) in [4.78, 5) is 28.3. The van der Waals surface area contributed by atoms with Crippen LogP contribution in [0.15, 0.2) is 28.8 Å². The number of carbonyl (C=O) groups excluding carboxylic acids is 2. The topological polar surface area (TPSA) is 57.6 Å². The average Bonchev–Trinajstić information content (AvgIpc) is 3.20. The largest absolute Gasteiger partial charge is 0.503 e. The highest BCUT2D eigenvalue weighted by Gasteiger charge is 2.48. The van der Waals surface area contributed by atoms with Crippen LogP contribution in [0, 0.1) is 5.41 Å². The summed E-state index contributed by atoms with van der Waals surface area (Å²) in [5.41, 5.74) is -0.359. The second-order valence-electron chi connectivity index (χ2n) is 7.41. The molecule has 0 radical (unpaired) electrons. The van der Waals surface area contributed by atoms with Crippen molar-refractivity contribution in [3.63, 3.8) is 0 Å². The molecule has 1 atom stereocenters. The molecule has 1 fully saturated rings. The number of rotatable bonds is 3. The molecule has 0 saturated heterocycles. The fourth-order valence-corrected chi connectivity index (χ4v) is 4.38. The van der Waals surface area contributed by atoms with E-state index in [1.807, 2.05) is 38.3 Å². The molecule has 1 unspecified atom stereocenters. The van der Waals surface area contributed by atoms with Crippen LogP contribution in [0.25, 0.3) is 0 Å². The third-order valence-corrected chi connectivity index (χ3v) is 5.63. The molecule has 4 nitrogen and oxygen atoms in total. The molecule has 5 heteroatoms. The van der Waals surface area contributed by atoms with E-state index >= 15 is 0 Å². The molecule has 1 saturated carbocycles. The van der Waals surface area contributed by atoms with Crippen LogP contribution in [0.5, 0.6) is 0 Å². The number of thiophene rings is 1. The van der Waals surface area contributed by atoms with Gasteiger partial charge in [-0.2, -0.15) is 0 Å². The summed E-state index contributed by atoms with van der Waals surface area (Å²) < 4.78 is 0. The highest BCUT2D eigenvalue weighted by Crippen LogP contribution is 2.45. The Balaban J connectivity index is 2.08. The smallest absolute Gasteiger partial charge is 0.290 e. The van der Waals surface area contributed by atoms with Crippen LogP contribution < -0.4 is 0 Å². The summed E-state index contributed by atoms with van der Waals surface area (Å²) in [6.45, 7) is 5.47. The molecule has 1 amide bonds. The molecule has 2 aliphatic rings. The van der Waals surface area contributed by atoms with Gasteiger partial charge in [-0.25, -0.2) is 0 Å². The van der Waals surface area contributed by atoms with Crippen LogP contribution >= 0.6 is 11.3 Å². The van der Waals surface area contributed by atoms with Crippen molar-refractivity contribution in [2.75, 3.05) is 0 Å². The molecule has 3 rings (SSSR count). The lowest BCUT2D eigenvalue weighted by Gasteiger charge is -2.32. The van der Waals surface area contributed by atoms with Crippen LogP contribution in [0.4, 0.5) is 0 Å². The highest BCUT2D eigenvalue weighted by molar-refractivity contribution is 7.10. The molecule has 1 aromatic heterocycles. The second-order valence-corrected chi connectivity index (χ2v) is 8.39. The van der Waals surface area contributed by atoms with Gasteiger partial charge in [0.05, 0.1) is 11.6 Å². The van der Waals surface area contributed by atoms with E-state index < -0.39 is 11.5 Å². The van der Waals surface area contributed by atoms with E-state index in [4.69, 9.17) is 0 Å². The lowest BCUT2D eigenvalue weighted by molar-refractivity contribution is -0.131. The van der Waals surface area contributed by atoms with Gasteiger partial charge >= 0.3 is 0 Å². The molecule has 0 aromatic carbocycles. The second kappa shape index (κ2) is 5.78. The Bertz CT molecular complexity index is 648. The molecular formula is C18H23NO3S. The molecule has 124 valence electrons. The molecule has 1 aliphatic heterocycles. The third-order valence-electron chi connectivity index (χ3n) is 4.70. The Morgan fingerprint density at radius 1 is 1.30 bits per heavy atom. The first-order valence-electron chi connectivity index (χ1n) is 8.16. The molecule has 0 bridgehead atoms. The van der Waals surface area contributed by atoms with Gasteiger partial charge in [-0.1, -0.05) is 39.7 Å². The quantitative estimate of drug-likeness (QED) is 0.909. The maximum Gasteiger partial charge on any atom is 0.290 e. The number of Topliss-reactive ketones (excluding diaryl/α,β-unsaturated/α-hetero) is 1. The van der Waals surface area contributed by atoms with Gasteiger partial charge in [-0.3, -0.25) is 9.59 Å². The summed E-state index contributed by atoms with van der Waals surface area (Å²) in [5.74, 6) is -0.889. The Hall–Kier alpha value is -1.62. The zero-order valence-electron chi connectivity index (χ0n) is 13.8. The van der Waals surface area contributed by atoms with Gasteiger partial charge in [0.15, 0.2) is 11.5 Å². The van der Waals surface area contributed by atoms with Gasteiger partial charge in [0.1, 0.15) is 0 Å². The minimum absolute atomic E-state index is 0.113. The summed E-state index contributed by atoms with van der Waals surface area (Å²) in [6.07, 6.45) is 4.07. The maximum atomic E-state index is 12.9. The lowest BCUT2D eigenvalue weighted by atomic mass is 9.83. The predicted molar refractivity (Wildman–Crippen MR) is 90.3 cm³/mol. The van der Waals surface area contributed by atoms with Gasteiger partial charge in [-0.05, 0) is 24.3 Å². The van der Waals surface area contributed by atoms with Crippen LogP contribution in [-0.2, 0) is 9.59 Å². The van der Waals surface area contributed by atoms with Crippen molar-refractivity contribution in [1.82, 2.24) is 4.90 Å². The van der Waals surface area contributed by atoms with Crippen LogP contribution in [0.3, 0.4) is 0 Å². The minimum Gasteiger partial charge on any atom is -0.503 e. The van der Waals surface area contributed by atoms with E-state index in [-0.39, 0.29) is 29.1 Å². The number of hydrogen-bond donors (Lipinski definition) is 1. The Morgan fingerprint density at radius 2 is 1.96 bits per heavy atom. The van der Waals surface area contributed by atoms with Gasteiger partial charge in [0.2, 0.25) is 0 Å². The normalized spacial score (nSPS) is 23.2. The standard InChI is InChI=1S/C18H23NO3S/c1-18(2,3)16(21)13-14(12-9-6-10-23-12)19(17(22)15(13)20)11-7-4-5-8-11/h6,9-11,14,20H,4-5,7-8H2,1-3H3. The highest BCUT2D eigenvalue weighted by atomic mass is 32.1. The number of aliphatic hydroxyl groups excluding tert-OH is 1. The molecule has 1 N–H and O–H groups in total. The number of ketones is 1. The van der Waals surface area contributed by atoms with Gasteiger partial charge in [0.25, 0.3) is 5.91 Å². The van der Waals surface area contributed by atoms with Gasteiger partial charge in [-0.15, -0.1) is 11.3 Å². The Labute approximate surface area is 140 Å². The van der Waals surface area contributed by atoms with Crippen LogP contribution in [0.2, 0.25) is 0 Å². The van der Waals surface area contributed by atoms with E-state index in [0.717, 1.165) is 30.6 Å². The molecule has 1 aromatic rings. The summed E-state index contributed by atoms with van der Waals surface area (Å²) in [5, 5.41) is 12.4. The Morgan fingerprint density at radius 3 is 2.48 bits per heavy atom. The van der Waals surface area contributed by atoms with Crippen molar-refractivity contribution in [3.05, 3.63) is 33.7 Å². The van der Waals surface area contributed by atoms with Crippen molar-refractivity contribution >= 4 is 23.0 Å².